The Kier molecular flexibility index (Phi) is 3.83. The number of nitrogens with one attached hydrogen (secondary N) is 2. The highest BCUT2D eigenvalue weighted by atomic mass is 16.3. The van der Waals surface area contributed by atoms with Gasteiger partial charge in [0.15, 0.2) is 0 Å². The lowest BCUT2D eigenvalue weighted by atomic mass is 10.1. The average Bonchev–Trinajstić information content (AvgIpc) is 2.52. The number of aliphatic hydroxyl groups is 1. The maximum atomic E-state index is 8.73. The van der Waals surface area contributed by atoms with Gasteiger partial charge in [-0.3, -0.25) is 0 Å². The second kappa shape index (κ2) is 4.70. The summed E-state index contributed by atoms with van der Waals surface area (Å²) in [5.41, 5.74) is 0. The normalized spacial score (nSPS) is 27.3. The van der Waals surface area contributed by atoms with Crippen molar-refractivity contribution in [3.8, 4) is 0 Å². The molecule has 2 atom stereocenters. The van der Waals surface area contributed by atoms with Crippen LogP contribution in [-0.2, 0) is 0 Å². The molecule has 3 heteroatoms. The van der Waals surface area contributed by atoms with Crippen LogP contribution >= 0.6 is 0 Å². The first-order chi connectivity index (χ1) is 5.33. The van der Waals surface area contributed by atoms with E-state index in [9.17, 15) is 0 Å². The molecule has 1 aliphatic rings. The Balaban J connectivity index is 2.01. The van der Waals surface area contributed by atoms with E-state index >= 15 is 0 Å². The molecule has 3 nitrogen and oxygen atoms in total. The summed E-state index contributed by atoms with van der Waals surface area (Å²) < 4.78 is 0. The fourth-order valence-corrected chi connectivity index (χ4v) is 1.32. The number of hydrogen-bond donors (Lipinski definition) is 3. The predicted molar refractivity (Wildman–Crippen MR) is 45.5 cm³/mol. The number of rotatable bonds is 4. The molecule has 11 heavy (non-hydrogen) atoms. The third kappa shape index (κ3) is 3.18. The molecule has 66 valence electrons. The topological polar surface area (TPSA) is 44.3 Å². The molecule has 0 aromatic heterocycles. The van der Waals surface area contributed by atoms with Crippen molar-refractivity contribution in [2.45, 2.75) is 19.4 Å². The molecule has 3 N–H and O–H groups in total. The van der Waals surface area contributed by atoms with Gasteiger partial charge in [-0.15, -0.1) is 0 Å². The average molecular weight is 158 g/mol. The monoisotopic (exact) mass is 158 g/mol. The van der Waals surface area contributed by atoms with Crippen LogP contribution in [0.25, 0.3) is 0 Å². The lowest BCUT2D eigenvalue weighted by Crippen LogP contribution is -2.34. The second-order valence-corrected chi connectivity index (χ2v) is 3.35. The second-order valence-electron chi connectivity index (χ2n) is 3.35. The van der Waals surface area contributed by atoms with Crippen LogP contribution in [0.5, 0.6) is 0 Å². The van der Waals surface area contributed by atoms with Crippen LogP contribution in [0.15, 0.2) is 0 Å². The first kappa shape index (κ1) is 8.97. The van der Waals surface area contributed by atoms with Crippen LogP contribution in [0.4, 0.5) is 0 Å². The highest BCUT2D eigenvalue weighted by Gasteiger charge is 2.14. The van der Waals surface area contributed by atoms with Gasteiger partial charge in [0.2, 0.25) is 0 Å². The smallest absolute Gasteiger partial charge is 0.0581 e. The minimum Gasteiger partial charge on any atom is -0.395 e. The minimum absolute atomic E-state index is 0.236. The van der Waals surface area contributed by atoms with Crippen LogP contribution in [0.3, 0.4) is 0 Å². The third-order valence-electron chi connectivity index (χ3n) is 2.19. The van der Waals surface area contributed by atoms with Crippen LogP contribution in [-0.4, -0.2) is 37.4 Å². The lowest BCUT2D eigenvalue weighted by Gasteiger charge is -2.13. The highest BCUT2D eigenvalue weighted by Crippen LogP contribution is 2.05. The maximum Gasteiger partial charge on any atom is 0.0581 e. The van der Waals surface area contributed by atoms with Gasteiger partial charge in [-0.2, -0.15) is 0 Å². The van der Waals surface area contributed by atoms with E-state index in [1.54, 1.807) is 0 Å². The van der Waals surface area contributed by atoms with Gasteiger partial charge in [0.05, 0.1) is 6.61 Å². The van der Waals surface area contributed by atoms with E-state index in [0.29, 0.717) is 0 Å². The molecule has 0 unspecified atom stereocenters. The van der Waals surface area contributed by atoms with E-state index in [-0.39, 0.29) is 12.6 Å². The van der Waals surface area contributed by atoms with Crippen molar-refractivity contribution in [3.05, 3.63) is 0 Å². The summed E-state index contributed by atoms with van der Waals surface area (Å²) in [7, 11) is 0. The van der Waals surface area contributed by atoms with E-state index in [4.69, 9.17) is 5.11 Å². The zero-order chi connectivity index (χ0) is 8.10. The Morgan fingerprint density at radius 1 is 1.73 bits per heavy atom. The zero-order valence-electron chi connectivity index (χ0n) is 7.14. The Labute approximate surface area is 68.2 Å². The van der Waals surface area contributed by atoms with Gasteiger partial charge >= 0.3 is 0 Å². The number of aliphatic hydroxyl groups excluding tert-OH is 1. The molecule has 0 radical (unpaired) electrons. The molecule has 0 saturated carbocycles. The van der Waals surface area contributed by atoms with Crippen LogP contribution in [0.2, 0.25) is 0 Å². The lowest BCUT2D eigenvalue weighted by molar-refractivity contribution is 0.247. The van der Waals surface area contributed by atoms with Gasteiger partial charge in [0, 0.05) is 6.04 Å². The molecule has 0 aromatic rings. The molecule has 1 aliphatic heterocycles. The molecule has 0 aliphatic carbocycles. The summed E-state index contributed by atoms with van der Waals surface area (Å²) in [6.45, 7) is 5.56. The van der Waals surface area contributed by atoms with E-state index in [1.165, 1.54) is 6.42 Å². The quantitative estimate of drug-likeness (QED) is 0.520. The van der Waals surface area contributed by atoms with Crippen molar-refractivity contribution >= 4 is 0 Å². The van der Waals surface area contributed by atoms with Crippen LogP contribution in [0.1, 0.15) is 13.3 Å². The van der Waals surface area contributed by atoms with E-state index in [1.807, 2.05) is 6.92 Å². The first-order valence-corrected chi connectivity index (χ1v) is 4.38. The maximum absolute atomic E-state index is 8.73. The molecular formula is C8H18N2O. The van der Waals surface area contributed by atoms with E-state index in [0.717, 1.165) is 25.6 Å². The Bertz CT molecular complexity index is 102. The summed E-state index contributed by atoms with van der Waals surface area (Å²) in [5, 5.41) is 15.3. The van der Waals surface area contributed by atoms with Gasteiger partial charge in [-0.25, -0.2) is 0 Å². The molecular weight excluding hydrogens is 140 g/mol. The summed E-state index contributed by atoms with van der Waals surface area (Å²) in [6, 6.07) is 0.246. The van der Waals surface area contributed by atoms with E-state index < -0.39 is 0 Å². The van der Waals surface area contributed by atoms with Crippen molar-refractivity contribution in [2.75, 3.05) is 26.2 Å². The van der Waals surface area contributed by atoms with Crippen molar-refractivity contribution in [2.24, 2.45) is 5.92 Å². The molecule has 1 saturated heterocycles. The summed E-state index contributed by atoms with van der Waals surface area (Å²) >= 11 is 0. The Morgan fingerprint density at radius 3 is 3.09 bits per heavy atom. The molecule has 1 rings (SSSR count). The Morgan fingerprint density at radius 2 is 2.55 bits per heavy atom. The first-order valence-electron chi connectivity index (χ1n) is 4.38. The molecule has 0 aromatic carbocycles. The predicted octanol–water partition coefficient (Wildman–Crippen LogP) is -0.434. The molecule has 0 spiro atoms. The third-order valence-corrected chi connectivity index (χ3v) is 2.19. The van der Waals surface area contributed by atoms with Crippen molar-refractivity contribution in [1.29, 1.82) is 0 Å². The van der Waals surface area contributed by atoms with Gasteiger partial charge in [-0.1, -0.05) is 0 Å². The minimum atomic E-state index is 0.236. The standard InChI is InChI=1S/C8H18N2O/c1-7(6-11)10-5-8-2-3-9-4-8/h7-11H,2-6H2,1H3/t7-,8-/m0/s1. The summed E-state index contributed by atoms with van der Waals surface area (Å²) in [6.07, 6.45) is 1.27. The number of hydrogen-bond acceptors (Lipinski definition) is 3. The summed E-state index contributed by atoms with van der Waals surface area (Å²) in [4.78, 5) is 0. The summed E-state index contributed by atoms with van der Waals surface area (Å²) in [5.74, 6) is 0.768. The van der Waals surface area contributed by atoms with Crippen molar-refractivity contribution < 1.29 is 5.11 Å². The largest absolute Gasteiger partial charge is 0.395 e. The van der Waals surface area contributed by atoms with Crippen molar-refractivity contribution in [1.82, 2.24) is 10.6 Å². The van der Waals surface area contributed by atoms with Gasteiger partial charge in [0.1, 0.15) is 0 Å². The molecule has 0 bridgehead atoms. The van der Waals surface area contributed by atoms with Crippen LogP contribution in [0, 0.1) is 5.92 Å². The zero-order valence-corrected chi connectivity index (χ0v) is 7.14. The van der Waals surface area contributed by atoms with E-state index in [2.05, 4.69) is 10.6 Å². The van der Waals surface area contributed by atoms with Gasteiger partial charge in [-0.05, 0) is 38.9 Å². The Hall–Kier alpha value is -0.120. The fourth-order valence-electron chi connectivity index (χ4n) is 1.32. The fraction of sp³-hybridized carbons (Fsp3) is 1.00. The van der Waals surface area contributed by atoms with Crippen molar-refractivity contribution in [3.63, 3.8) is 0 Å². The van der Waals surface area contributed by atoms with Gasteiger partial charge < -0.3 is 15.7 Å². The SMILES string of the molecule is C[C@@H](CO)NC[C@H]1CCNC1. The molecule has 1 heterocycles. The van der Waals surface area contributed by atoms with Crippen LogP contribution < -0.4 is 10.6 Å². The van der Waals surface area contributed by atoms with Gasteiger partial charge in [0.25, 0.3) is 0 Å². The molecule has 1 fully saturated rings. The molecule has 0 amide bonds. The highest BCUT2D eigenvalue weighted by molar-refractivity contribution is 4.74.